The molecule has 4 unspecified atom stereocenters. The zero-order chi connectivity index (χ0) is 21.8. The van der Waals surface area contributed by atoms with Crippen LogP contribution in [0.25, 0.3) is 0 Å². The molecule has 2 aliphatic heterocycles. The average Bonchev–Trinajstić information content (AvgIpc) is 2.79. The lowest BCUT2D eigenvalue weighted by Gasteiger charge is -2.48. The van der Waals surface area contributed by atoms with Crippen molar-refractivity contribution in [2.24, 2.45) is 16.6 Å². The Morgan fingerprint density at radius 1 is 1.16 bits per heavy atom. The lowest BCUT2D eigenvalue weighted by molar-refractivity contribution is 0.0383. The van der Waals surface area contributed by atoms with Gasteiger partial charge in [0.05, 0.1) is 18.4 Å². The second-order valence-electron chi connectivity index (χ2n) is 8.48. The number of nitrogens with zero attached hydrogens (tertiary/aromatic N) is 3. The van der Waals surface area contributed by atoms with Crippen LogP contribution in [0.15, 0.2) is 65.6 Å². The van der Waals surface area contributed by atoms with Gasteiger partial charge >= 0.3 is 0 Å². The Kier molecular flexibility index (Phi) is 6.73. The van der Waals surface area contributed by atoms with Gasteiger partial charge in [0.25, 0.3) is 0 Å². The number of fused-ring (bicyclic) bond motifs is 1. The first-order chi connectivity index (χ1) is 15.0. The van der Waals surface area contributed by atoms with Gasteiger partial charge in [-0.1, -0.05) is 49.8 Å². The minimum Gasteiger partial charge on any atom is -0.390 e. The second kappa shape index (κ2) is 9.66. The minimum atomic E-state index is -0.233. The smallest absolute Gasteiger partial charge is 0.178 e. The molecule has 0 bridgehead atoms. The van der Waals surface area contributed by atoms with E-state index >= 15 is 0 Å². The molecule has 0 saturated carbocycles. The summed E-state index contributed by atoms with van der Waals surface area (Å²) in [6.45, 7) is 7.21. The lowest BCUT2D eigenvalue weighted by atomic mass is 9.98. The van der Waals surface area contributed by atoms with Crippen LogP contribution >= 0.6 is 11.6 Å². The molecular weight excluding hydrogens is 410 g/mol. The Morgan fingerprint density at radius 3 is 2.61 bits per heavy atom. The molecule has 1 aromatic carbocycles. The van der Waals surface area contributed by atoms with Crippen molar-refractivity contribution in [3.8, 4) is 0 Å². The second-order valence-corrected chi connectivity index (χ2v) is 8.92. The van der Waals surface area contributed by atoms with Crippen molar-refractivity contribution in [2.45, 2.75) is 38.3 Å². The summed E-state index contributed by atoms with van der Waals surface area (Å²) in [5.74, 6) is 1.60. The number of halogens is 1. The van der Waals surface area contributed by atoms with Gasteiger partial charge in [-0.3, -0.25) is 4.90 Å². The first kappa shape index (κ1) is 21.6. The van der Waals surface area contributed by atoms with Gasteiger partial charge in [0, 0.05) is 42.6 Å². The highest BCUT2D eigenvalue weighted by molar-refractivity contribution is 6.30. The number of anilines is 1. The SMILES string of the molecule is CC(C)C1CN(C2=CNC3C=CC=CC3N2)CCN1C(N=CN)Nc1ccc(Cl)cc1. The highest BCUT2D eigenvalue weighted by Gasteiger charge is 2.35. The molecule has 0 radical (unpaired) electrons. The van der Waals surface area contributed by atoms with Gasteiger partial charge in [-0.15, -0.1) is 0 Å². The molecule has 0 aromatic heterocycles. The van der Waals surface area contributed by atoms with Gasteiger partial charge in [-0.05, 0) is 30.2 Å². The number of nitrogens with one attached hydrogen (secondary N) is 3. The fraction of sp³-hybridized carbons (Fsp3) is 0.435. The van der Waals surface area contributed by atoms with Crippen LogP contribution in [0.3, 0.4) is 0 Å². The molecule has 0 amide bonds. The zero-order valence-corrected chi connectivity index (χ0v) is 18.8. The quantitative estimate of drug-likeness (QED) is 0.401. The van der Waals surface area contributed by atoms with E-state index < -0.39 is 0 Å². The molecular formula is C23H32ClN7. The standard InChI is InChI=1S/C23H32ClN7/c1-16(2)21-14-30(22-13-26-19-5-3-4-6-20(19)29-22)11-12-31(21)23(27-15-25)28-18-9-7-17(24)8-10-18/h3-10,13,15-16,19-21,23,26,28-29H,11-12,14H2,1-2H3,(H2,25,27). The topological polar surface area (TPSA) is 81.0 Å². The zero-order valence-electron chi connectivity index (χ0n) is 18.1. The van der Waals surface area contributed by atoms with Gasteiger partial charge in [0.15, 0.2) is 6.29 Å². The normalized spacial score (nSPS) is 26.9. The van der Waals surface area contributed by atoms with Gasteiger partial charge < -0.3 is 26.6 Å². The van der Waals surface area contributed by atoms with Crippen LogP contribution in [0, 0.1) is 5.92 Å². The van der Waals surface area contributed by atoms with Crippen molar-refractivity contribution in [3.05, 3.63) is 65.6 Å². The highest BCUT2D eigenvalue weighted by atomic mass is 35.5. The van der Waals surface area contributed by atoms with E-state index in [0.717, 1.165) is 31.1 Å². The molecule has 2 heterocycles. The van der Waals surface area contributed by atoms with Crippen LogP contribution in [0.1, 0.15) is 13.8 Å². The molecule has 8 heteroatoms. The number of rotatable bonds is 6. The van der Waals surface area contributed by atoms with Gasteiger partial charge in [0.2, 0.25) is 0 Å². The number of benzene rings is 1. The summed E-state index contributed by atoms with van der Waals surface area (Å²) in [5, 5.41) is 11.4. The molecule has 4 atom stereocenters. The van der Waals surface area contributed by atoms with E-state index in [2.05, 4.69) is 75.1 Å². The molecule has 5 N–H and O–H groups in total. The van der Waals surface area contributed by atoms with Crippen LogP contribution in [-0.4, -0.2) is 60.2 Å². The molecule has 7 nitrogen and oxygen atoms in total. The summed E-state index contributed by atoms with van der Waals surface area (Å²) < 4.78 is 0. The number of allylic oxidation sites excluding steroid dienone is 2. The first-order valence-corrected chi connectivity index (χ1v) is 11.3. The third-order valence-corrected chi connectivity index (χ3v) is 6.37. The Bertz CT molecular complexity index is 861. The van der Waals surface area contributed by atoms with E-state index in [0.29, 0.717) is 23.0 Å². The van der Waals surface area contributed by atoms with E-state index in [-0.39, 0.29) is 12.3 Å². The van der Waals surface area contributed by atoms with Gasteiger partial charge in [0.1, 0.15) is 5.82 Å². The van der Waals surface area contributed by atoms with Crippen molar-refractivity contribution in [2.75, 3.05) is 25.0 Å². The molecule has 1 fully saturated rings. The van der Waals surface area contributed by atoms with E-state index in [1.807, 2.05) is 24.3 Å². The van der Waals surface area contributed by atoms with Crippen LogP contribution < -0.4 is 21.7 Å². The molecule has 1 aliphatic carbocycles. The Morgan fingerprint density at radius 2 is 1.90 bits per heavy atom. The average molecular weight is 442 g/mol. The molecule has 31 heavy (non-hydrogen) atoms. The molecule has 3 aliphatic rings. The van der Waals surface area contributed by atoms with Crippen molar-refractivity contribution in [1.82, 2.24) is 20.4 Å². The summed E-state index contributed by atoms with van der Waals surface area (Å²) in [6.07, 6.45) is 11.9. The highest BCUT2D eigenvalue weighted by Crippen LogP contribution is 2.25. The maximum Gasteiger partial charge on any atom is 0.178 e. The summed E-state index contributed by atoms with van der Waals surface area (Å²) >= 11 is 6.04. The molecule has 4 rings (SSSR count). The Hall–Kier alpha value is -2.64. The summed E-state index contributed by atoms with van der Waals surface area (Å²) in [6, 6.07) is 8.58. The van der Waals surface area contributed by atoms with Crippen LogP contribution in [0.4, 0.5) is 5.69 Å². The number of piperazine rings is 1. The third-order valence-electron chi connectivity index (χ3n) is 6.12. The number of nitrogens with two attached hydrogens (primary N) is 1. The van der Waals surface area contributed by atoms with Crippen molar-refractivity contribution in [3.63, 3.8) is 0 Å². The van der Waals surface area contributed by atoms with Crippen molar-refractivity contribution < 1.29 is 0 Å². The summed E-state index contributed by atoms with van der Waals surface area (Å²) in [4.78, 5) is 9.38. The molecule has 0 spiro atoms. The third kappa shape index (κ3) is 4.99. The monoisotopic (exact) mass is 441 g/mol. The number of hydrogen-bond donors (Lipinski definition) is 4. The summed E-state index contributed by atoms with van der Waals surface area (Å²) in [7, 11) is 0. The maximum atomic E-state index is 6.04. The van der Waals surface area contributed by atoms with Gasteiger partial charge in [-0.2, -0.15) is 0 Å². The predicted molar refractivity (Wildman–Crippen MR) is 129 cm³/mol. The fourth-order valence-electron chi connectivity index (χ4n) is 4.40. The lowest BCUT2D eigenvalue weighted by Crippen LogP contribution is -2.62. The maximum absolute atomic E-state index is 6.04. The number of aliphatic imine (C=N–C) groups is 1. The largest absolute Gasteiger partial charge is 0.390 e. The van der Waals surface area contributed by atoms with E-state index in [9.17, 15) is 0 Å². The fourth-order valence-corrected chi connectivity index (χ4v) is 4.52. The van der Waals surface area contributed by atoms with Gasteiger partial charge in [-0.25, -0.2) is 4.99 Å². The molecule has 166 valence electrons. The van der Waals surface area contributed by atoms with Crippen molar-refractivity contribution in [1.29, 1.82) is 0 Å². The van der Waals surface area contributed by atoms with E-state index in [1.54, 1.807) is 0 Å². The molecule has 1 saturated heterocycles. The number of hydrogen-bond acceptors (Lipinski definition) is 6. The Balaban J connectivity index is 1.48. The Labute approximate surface area is 189 Å². The predicted octanol–water partition coefficient (Wildman–Crippen LogP) is 2.52. The summed E-state index contributed by atoms with van der Waals surface area (Å²) in [5.41, 5.74) is 6.68. The van der Waals surface area contributed by atoms with Crippen LogP contribution in [0.5, 0.6) is 0 Å². The minimum absolute atomic E-state index is 0.233. The van der Waals surface area contributed by atoms with Crippen molar-refractivity contribution >= 4 is 23.6 Å². The van der Waals surface area contributed by atoms with E-state index in [4.69, 9.17) is 17.3 Å². The molecule has 1 aromatic rings. The van der Waals surface area contributed by atoms with Crippen LogP contribution in [0.2, 0.25) is 5.02 Å². The van der Waals surface area contributed by atoms with Crippen LogP contribution in [-0.2, 0) is 0 Å². The van der Waals surface area contributed by atoms with E-state index in [1.165, 1.54) is 6.34 Å². The first-order valence-electron chi connectivity index (χ1n) is 10.9.